The van der Waals surface area contributed by atoms with Gasteiger partial charge in [-0.2, -0.15) is 0 Å². The van der Waals surface area contributed by atoms with Crippen LogP contribution in [0.5, 0.6) is 0 Å². The molecule has 1 saturated heterocycles. The summed E-state index contributed by atoms with van der Waals surface area (Å²) in [5.41, 5.74) is 0.585. The zero-order valence-corrected chi connectivity index (χ0v) is 13.0. The maximum atomic E-state index is 12.2. The van der Waals surface area contributed by atoms with Gasteiger partial charge in [0.2, 0.25) is 0 Å². The number of hydrogen-bond donors (Lipinski definition) is 2. The average molecular weight is 306 g/mol. The molecule has 2 rings (SSSR count). The summed E-state index contributed by atoms with van der Waals surface area (Å²) < 4.78 is 0. The Kier molecular flexibility index (Phi) is 5.19. The topological polar surface area (TPSA) is 85.8 Å². The van der Waals surface area contributed by atoms with Gasteiger partial charge in [-0.3, -0.25) is 4.79 Å². The van der Waals surface area contributed by atoms with Crippen molar-refractivity contribution in [2.45, 2.75) is 12.8 Å². The maximum Gasteiger partial charge on any atom is 0.407 e. The second-order valence-corrected chi connectivity index (χ2v) is 5.72. The molecule has 1 aromatic heterocycles. The highest BCUT2D eigenvalue weighted by Gasteiger charge is 2.22. The van der Waals surface area contributed by atoms with Gasteiger partial charge in [0.1, 0.15) is 5.82 Å². The molecule has 0 radical (unpaired) electrons. The number of pyridine rings is 1. The standard InChI is InChI=1S/C15H22N4O3/c1-18(2)13-9-12(3-6-16-13)14(20)17-10-11-4-7-19(8-5-11)15(21)22/h3,6,9,11H,4-5,7-8,10H2,1-2H3,(H,17,20)(H,21,22). The van der Waals surface area contributed by atoms with Gasteiger partial charge in [0, 0.05) is 45.5 Å². The lowest BCUT2D eigenvalue weighted by Crippen LogP contribution is -2.40. The first kappa shape index (κ1) is 16.1. The van der Waals surface area contributed by atoms with E-state index in [9.17, 15) is 9.59 Å². The molecule has 0 unspecified atom stereocenters. The van der Waals surface area contributed by atoms with Crippen LogP contribution < -0.4 is 10.2 Å². The van der Waals surface area contributed by atoms with Crippen LogP contribution >= 0.6 is 0 Å². The Morgan fingerprint density at radius 1 is 1.41 bits per heavy atom. The molecule has 120 valence electrons. The van der Waals surface area contributed by atoms with E-state index in [4.69, 9.17) is 5.11 Å². The number of carbonyl (C=O) groups excluding carboxylic acids is 1. The maximum absolute atomic E-state index is 12.2. The fourth-order valence-corrected chi connectivity index (χ4v) is 2.47. The van der Waals surface area contributed by atoms with E-state index in [2.05, 4.69) is 10.3 Å². The summed E-state index contributed by atoms with van der Waals surface area (Å²) in [6, 6.07) is 3.44. The van der Waals surface area contributed by atoms with Crippen LogP contribution in [-0.4, -0.2) is 60.7 Å². The molecule has 2 N–H and O–H groups in total. The van der Waals surface area contributed by atoms with Gasteiger partial charge >= 0.3 is 6.09 Å². The van der Waals surface area contributed by atoms with Crippen molar-refractivity contribution in [1.82, 2.24) is 15.2 Å². The third kappa shape index (κ3) is 4.09. The molecule has 0 saturated carbocycles. The van der Waals surface area contributed by atoms with E-state index in [0.717, 1.165) is 18.7 Å². The highest BCUT2D eigenvalue weighted by atomic mass is 16.4. The van der Waals surface area contributed by atoms with Gasteiger partial charge in [-0.25, -0.2) is 9.78 Å². The number of nitrogens with zero attached hydrogens (tertiary/aromatic N) is 3. The fourth-order valence-electron chi connectivity index (χ4n) is 2.47. The predicted octanol–water partition coefficient (Wildman–Crippen LogP) is 1.27. The van der Waals surface area contributed by atoms with Gasteiger partial charge in [0.25, 0.3) is 5.91 Å². The summed E-state index contributed by atoms with van der Waals surface area (Å²) >= 11 is 0. The largest absolute Gasteiger partial charge is 0.465 e. The number of carbonyl (C=O) groups is 2. The Morgan fingerprint density at radius 2 is 2.09 bits per heavy atom. The van der Waals surface area contributed by atoms with Crippen molar-refractivity contribution in [3.05, 3.63) is 23.9 Å². The molecule has 1 fully saturated rings. The molecule has 0 bridgehead atoms. The number of likely N-dealkylation sites (tertiary alicyclic amines) is 1. The minimum Gasteiger partial charge on any atom is -0.465 e. The normalized spacial score (nSPS) is 15.5. The van der Waals surface area contributed by atoms with Crippen molar-refractivity contribution < 1.29 is 14.7 Å². The quantitative estimate of drug-likeness (QED) is 0.875. The Balaban J connectivity index is 1.83. The first-order chi connectivity index (χ1) is 10.5. The van der Waals surface area contributed by atoms with Gasteiger partial charge < -0.3 is 20.2 Å². The van der Waals surface area contributed by atoms with Gasteiger partial charge in [-0.1, -0.05) is 0 Å². The van der Waals surface area contributed by atoms with Crippen LogP contribution in [0.15, 0.2) is 18.3 Å². The van der Waals surface area contributed by atoms with Gasteiger partial charge in [0.05, 0.1) is 0 Å². The molecule has 1 aliphatic rings. The first-order valence-electron chi connectivity index (χ1n) is 7.37. The lowest BCUT2D eigenvalue weighted by molar-refractivity contribution is 0.0928. The van der Waals surface area contributed by atoms with E-state index in [1.54, 1.807) is 18.3 Å². The fraction of sp³-hybridized carbons (Fsp3) is 0.533. The number of amides is 2. The molecule has 7 heteroatoms. The summed E-state index contributed by atoms with van der Waals surface area (Å²) in [6.45, 7) is 1.65. The minimum atomic E-state index is -0.865. The van der Waals surface area contributed by atoms with Crippen molar-refractivity contribution in [2.75, 3.05) is 38.6 Å². The number of nitrogens with one attached hydrogen (secondary N) is 1. The second-order valence-electron chi connectivity index (χ2n) is 5.72. The molecule has 0 aliphatic carbocycles. The zero-order valence-electron chi connectivity index (χ0n) is 13.0. The molecule has 2 amide bonds. The van der Waals surface area contributed by atoms with Crippen molar-refractivity contribution in [2.24, 2.45) is 5.92 Å². The summed E-state index contributed by atoms with van der Waals surface area (Å²) in [6.07, 6.45) is 2.32. The number of hydrogen-bond acceptors (Lipinski definition) is 4. The minimum absolute atomic E-state index is 0.119. The second kappa shape index (κ2) is 7.11. The van der Waals surface area contributed by atoms with Crippen LogP contribution in [0.3, 0.4) is 0 Å². The van der Waals surface area contributed by atoms with Gasteiger partial charge in [-0.05, 0) is 30.9 Å². The van der Waals surface area contributed by atoms with Crippen molar-refractivity contribution in [3.8, 4) is 0 Å². The van der Waals surface area contributed by atoms with E-state index >= 15 is 0 Å². The lowest BCUT2D eigenvalue weighted by atomic mass is 9.97. The Morgan fingerprint density at radius 3 is 2.68 bits per heavy atom. The van der Waals surface area contributed by atoms with Crippen molar-refractivity contribution in [3.63, 3.8) is 0 Å². The van der Waals surface area contributed by atoms with Crippen molar-refractivity contribution >= 4 is 17.8 Å². The number of anilines is 1. The SMILES string of the molecule is CN(C)c1cc(C(=O)NCC2CCN(C(=O)O)CC2)ccn1. The van der Waals surface area contributed by atoms with Crippen LogP contribution in [0.1, 0.15) is 23.2 Å². The summed E-state index contributed by atoms with van der Waals surface area (Å²) in [5.74, 6) is 0.947. The number of aromatic nitrogens is 1. The van der Waals surface area contributed by atoms with E-state index < -0.39 is 6.09 Å². The Labute approximate surface area is 129 Å². The summed E-state index contributed by atoms with van der Waals surface area (Å²) in [5, 5.41) is 11.8. The van der Waals surface area contributed by atoms with E-state index in [-0.39, 0.29) is 5.91 Å². The molecule has 0 atom stereocenters. The first-order valence-corrected chi connectivity index (χ1v) is 7.37. The summed E-state index contributed by atoms with van der Waals surface area (Å²) in [4.78, 5) is 30.5. The lowest BCUT2D eigenvalue weighted by Gasteiger charge is -2.30. The Hall–Kier alpha value is -2.31. The highest BCUT2D eigenvalue weighted by molar-refractivity contribution is 5.94. The molecule has 22 heavy (non-hydrogen) atoms. The molecule has 2 heterocycles. The van der Waals surface area contributed by atoms with Gasteiger partial charge in [0.15, 0.2) is 0 Å². The molecular weight excluding hydrogens is 284 g/mol. The Bertz CT molecular complexity index is 539. The van der Waals surface area contributed by atoms with Gasteiger partial charge in [-0.15, -0.1) is 0 Å². The molecule has 1 aliphatic heterocycles. The van der Waals surface area contributed by atoms with Crippen LogP contribution in [-0.2, 0) is 0 Å². The van der Waals surface area contributed by atoms with E-state index in [0.29, 0.717) is 31.1 Å². The molecule has 7 nitrogen and oxygen atoms in total. The third-order valence-corrected chi connectivity index (χ3v) is 3.90. The molecular formula is C15H22N4O3. The number of carboxylic acid groups (broad SMARTS) is 1. The molecule has 0 aromatic carbocycles. The smallest absolute Gasteiger partial charge is 0.407 e. The molecule has 1 aromatic rings. The molecule has 0 spiro atoms. The number of piperidine rings is 1. The van der Waals surface area contributed by atoms with Crippen molar-refractivity contribution in [1.29, 1.82) is 0 Å². The van der Waals surface area contributed by atoms with E-state index in [1.807, 2.05) is 19.0 Å². The highest BCUT2D eigenvalue weighted by Crippen LogP contribution is 2.16. The predicted molar refractivity (Wildman–Crippen MR) is 83.2 cm³/mol. The van der Waals surface area contributed by atoms with Crippen LogP contribution in [0.2, 0.25) is 0 Å². The van der Waals surface area contributed by atoms with E-state index in [1.165, 1.54) is 4.90 Å². The average Bonchev–Trinajstić information content (AvgIpc) is 2.53. The van der Waals surface area contributed by atoms with Crippen LogP contribution in [0.25, 0.3) is 0 Å². The monoisotopic (exact) mass is 306 g/mol. The zero-order chi connectivity index (χ0) is 16.1. The van der Waals surface area contributed by atoms with Crippen LogP contribution in [0, 0.1) is 5.92 Å². The van der Waals surface area contributed by atoms with Crippen LogP contribution in [0.4, 0.5) is 10.6 Å². The number of rotatable bonds is 4. The third-order valence-electron chi connectivity index (χ3n) is 3.90. The summed E-state index contributed by atoms with van der Waals surface area (Å²) in [7, 11) is 3.75.